The highest BCUT2D eigenvalue weighted by atomic mass is 32.2. The van der Waals surface area contributed by atoms with E-state index in [1.807, 2.05) is 24.0 Å². The van der Waals surface area contributed by atoms with Crippen LogP contribution in [0.25, 0.3) is 0 Å². The normalized spacial score (nSPS) is 25.6. The summed E-state index contributed by atoms with van der Waals surface area (Å²) < 4.78 is 0. The van der Waals surface area contributed by atoms with Crippen molar-refractivity contribution in [3.63, 3.8) is 0 Å². The van der Waals surface area contributed by atoms with Gasteiger partial charge in [-0.3, -0.25) is 0 Å². The predicted molar refractivity (Wildman–Crippen MR) is 70.5 cm³/mol. The number of thioether (sulfide) groups is 1. The number of nitrogens with two attached hydrogens (primary N) is 1. The number of rotatable bonds is 3. The lowest BCUT2D eigenvalue weighted by Crippen LogP contribution is -2.16. The minimum atomic E-state index is 0.611. The van der Waals surface area contributed by atoms with Crippen LogP contribution in [0.3, 0.4) is 0 Å². The minimum absolute atomic E-state index is 0.611. The Morgan fingerprint density at radius 1 is 1.44 bits per heavy atom. The van der Waals surface area contributed by atoms with Crippen molar-refractivity contribution in [2.45, 2.75) is 49.2 Å². The molecule has 0 saturated heterocycles. The summed E-state index contributed by atoms with van der Waals surface area (Å²) in [5.41, 5.74) is 5.58. The topological polar surface area (TPSA) is 38.9 Å². The molecule has 16 heavy (non-hydrogen) atoms. The zero-order chi connectivity index (χ0) is 11.4. The lowest BCUT2D eigenvalue weighted by Gasteiger charge is -2.27. The van der Waals surface area contributed by atoms with Gasteiger partial charge in [-0.25, -0.2) is 4.98 Å². The van der Waals surface area contributed by atoms with E-state index < -0.39 is 0 Å². The number of hydrogen-bond acceptors (Lipinski definition) is 3. The van der Waals surface area contributed by atoms with Crippen LogP contribution in [0.15, 0.2) is 23.2 Å². The molecule has 1 heterocycles. The quantitative estimate of drug-likeness (QED) is 0.869. The van der Waals surface area contributed by atoms with Crippen molar-refractivity contribution in [3.8, 4) is 0 Å². The molecule has 2 atom stereocenters. The van der Waals surface area contributed by atoms with Gasteiger partial charge in [0.15, 0.2) is 0 Å². The van der Waals surface area contributed by atoms with Gasteiger partial charge in [0.05, 0.1) is 0 Å². The summed E-state index contributed by atoms with van der Waals surface area (Å²) in [4.78, 5) is 5.40. The molecule has 0 bridgehead atoms. The molecule has 2 unspecified atom stereocenters. The first kappa shape index (κ1) is 11.8. The average molecular weight is 236 g/mol. The first-order valence-corrected chi connectivity index (χ1v) is 7.04. The fourth-order valence-corrected chi connectivity index (χ4v) is 3.67. The molecule has 2 N–H and O–H groups in total. The van der Waals surface area contributed by atoms with Crippen molar-refractivity contribution in [2.24, 2.45) is 5.92 Å². The molecule has 0 aromatic carbocycles. The first-order chi connectivity index (χ1) is 7.78. The van der Waals surface area contributed by atoms with Crippen LogP contribution in [-0.4, -0.2) is 10.2 Å². The van der Waals surface area contributed by atoms with E-state index in [1.54, 1.807) is 0 Å². The van der Waals surface area contributed by atoms with Crippen LogP contribution >= 0.6 is 11.8 Å². The van der Waals surface area contributed by atoms with Gasteiger partial charge in [-0.05, 0) is 30.9 Å². The molecule has 1 aromatic heterocycles. The molecule has 1 aliphatic carbocycles. The monoisotopic (exact) mass is 236 g/mol. The van der Waals surface area contributed by atoms with Crippen molar-refractivity contribution in [1.82, 2.24) is 4.98 Å². The number of pyridine rings is 1. The van der Waals surface area contributed by atoms with Crippen LogP contribution in [0.5, 0.6) is 0 Å². The first-order valence-electron chi connectivity index (χ1n) is 6.16. The van der Waals surface area contributed by atoms with E-state index in [0.29, 0.717) is 5.82 Å². The molecule has 88 valence electrons. The van der Waals surface area contributed by atoms with Crippen LogP contribution in [0.4, 0.5) is 5.82 Å². The van der Waals surface area contributed by atoms with Crippen LogP contribution < -0.4 is 5.73 Å². The summed E-state index contributed by atoms with van der Waals surface area (Å²) in [6.45, 7) is 2.31. The molecule has 1 fully saturated rings. The summed E-state index contributed by atoms with van der Waals surface area (Å²) in [5.74, 6) is 1.55. The van der Waals surface area contributed by atoms with E-state index in [4.69, 9.17) is 5.73 Å². The van der Waals surface area contributed by atoms with E-state index in [2.05, 4.69) is 18.0 Å². The van der Waals surface area contributed by atoms with Gasteiger partial charge in [0.2, 0.25) is 0 Å². The third-order valence-electron chi connectivity index (χ3n) is 3.37. The zero-order valence-corrected chi connectivity index (χ0v) is 10.7. The summed E-state index contributed by atoms with van der Waals surface area (Å²) in [6, 6.07) is 3.98. The van der Waals surface area contributed by atoms with Crippen LogP contribution in [0.1, 0.15) is 39.0 Å². The molecule has 0 amide bonds. The van der Waals surface area contributed by atoms with Crippen LogP contribution in [0, 0.1) is 5.92 Å². The second-order valence-corrected chi connectivity index (χ2v) is 5.97. The number of anilines is 1. The fourth-order valence-electron chi connectivity index (χ4n) is 2.37. The number of nitrogens with zero attached hydrogens (tertiary/aromatic N) is 1. The Morgan fingerprint density at radius 3 is 3.00 bits per heavy atom. The molecule has 1 aliphatic rings. The Balaban J connectivity index is 1.91. The van der Waals surface area contributed by atoms with Gasteiger partial charge in [-0.1, -0.05) is 26.2 Å². The van der Waals surface area contributed by atoms with Gasteiger partial charge in [-0.2, -0.15) is 0 Å². The Morgan fingerprint density at radius 2 is 2.31 bits per heavy atom. The number of nitrogen functional groups attached to an aromatic ring is 1. The Kier molecular flexibility index (Phi) is 4.10. The maximum atomic E-state index is 5.58. The van der Waals surface area contributed by atoms with Crippen molar-refractivity contribution in [1.29, 1.82) is 0 Å². The largest absolute Gasteiger partial charge is 0.384 e. The minimum Gasteiger partial charge on any atom is -0.384 e. The molecule has 2 nitrogen and oxygen atoms in total. The van der Waals surface area contributed by atoms with E-state index in [-0.39, 0.29) is 0 Å². The van der Waals surface area contributed by atoms with Gasteiger partial charge < -0.3 is 5.73 Å². The zero-order valence-electron chi connectivity index (χ0n) is 9.86. The predicted octanol–water partition coefficient (Wildman–Crippen LogP) is 3.72. The van der Waals surface area contributed by atoms with Gasteiger partial charge >= 0.3 is 0 Å². The third kappa shape index (κ3) is 3.14. The molecule has 1 saturated carbocycles. The van der Waals surface area contributed by atoms with Crippen LogP contribution in [-0.2, 0) is 0 Å². The summed E-state index contributed by atoms with van der Waals surface area (Å²) in [5, 5.41) is 0.782. The van der Waals surface area contributed by atoms with E-state index >= 15 is 0 Å². The third-order valence-corrected chi connectivity index (χ3v) is 4.65. The second-order valence-electron chi connectivity index (χ2n) is 4.60. The maximum Gasteiger partial charge on any atom is 0.123 e. The Bertz CT molecular complexity index is 323. The van der Waals surface area contributed by atoms with Gasteiger partial charge in [0, 0.05) is 16.3 Å². The smallest absolute Gasteiger partial charge is 0.123 e. The Labute approximate surface area is 102 Å². The highest BCUT2D eigenvalue weighted by Crippen LogP contribution is 2.37. The molecule has 1 aromatic rings. The van der Waals surface area contributed by atoms with E-state index in [9.17, 15) is 0 Å². The standard InChI is InChI=1S/C13H20N2S/c1-2-10-4-3-5-11(8-10)16-12-6-7-13(14)15-9-12/h6-7,9-11H,2-5,8H2,1H3,(H2,14,15). The molecular weight excluding hydrogens is 216 g/mol. The van der Waals surface area contributed by atoms with Crippen molar-refractivity contribution < 1.29 is 0 Å². The summed E-state index contributed by atoms with van der Waals surface area (Å²) >= 11 is 1.97. The van der Waals surface area contributed by atoms with Gasteiger partial charge in [0.1, 0.15) is 5.82 Å². The van der Waals surface area contributed by atoms with E-state index in [1.165, 1.54) is 37.0 Å². The van der Waals surface area contributed by atoms with Gasteiger partial charge in [-0.15, -0.1) is 11.8 Å². The summed E-state index contributed by atoms with van der Waals surface area (Å²) in [6.07, 6.45) is 8.76. The van der Waals surface area contributed by atoms with Crippen molar-refractivity contribution in [2.75, 3.05) is 5.73 Å². The molecule has 0 aliphatic heterocycles. The molecular formula is C13H20N2S. The van der Waals surface area contributed by atoms with Crippen molar-refractivity contribution >= 4 is 17.6 Å². The molecule has 3 heteroatoms. The lowest BCUT2D eigenvalue weighted by atomic mass is 9.87. The molecule has 2 rings (SSSR count). The fraction of sp³-hybridized carbons (Fsp3) is 0.615. The highest BCUT2D eigenvalue weighted by molar-refractivity contribution is 8.00. The molecule has 0 radical (unpaired) electrons. The SMILES string of the molecule is CCC1CCCC(Sc2ccc(N)nc2)C1. The Hall–Kier alpha value is -0.700. The van der Waals surface area contributed by atoms with Crippen LogP contribution in [0.2, 0.25) is 0 Å². The number of hydrogen-bond donors (Lipinski definition) is 1. The lowest BCUT2D eigenvalue weighted by molar-refractivity contribution is 0.357. The second kappa shape index (κ2) is 5.58. The van der Waals surface area contributed by atoms with Gasteiger partial charge in [0.25, 0.3) is 0 Å². The summed E-state index contributed by atoms with van der Waals surface area (Å²) in [7, 11) is 0. The molecule has 0 spiro atoms. The highest BCUT2D eigenvalue weighted by Gasteiger charge is 2.21. The van der Waals surface area contributed by atoms with E-state index in [0.717, 1.165) is 11.2 Å². The van der Waals surface area contributed by atoms with Crippen molar-refractivity contribution in [3.05, 3.63) is 18.3 Å². The number of aromatic nitrogens is 1. The maximum absolute atomic E-state index is 5.58. The average Bonchev–Trinajstić information content (AvgIpc) is 2.32.